The van der Waals surface area contributed by atoms with Gasteiger partial charge in [-0.3, -0.25) is 9.98 Å². The van der Waals surface area contributed by atoms with Crippen molar-refractivity contribution < 1.29 is 0 Å². The fourth-order valence-corrected chi connectivity index (χ4v) is 1.01. The highest BCUT2D eigenvalue weighted by Crippen LogP contribution is 2.11. The van der Waals surface area contributed by atoms with Crippen LogP contribution in [0.1, 0.15) is 18.2 Å². The van der Waals surface area contributed by atoms with E-state index in [0.717, 1.165) is 16.8 Å². The maximum atomic E-state index is 4.22. The Morgan fingerprint density at radius 3 is 2.86 bits per heavy atom. The maximum absolute atomic E-state index is 4.22. The van der Waals surface area contributed by atoms with Gasteiger partial charge in [0.2, 0.25) is 0 Å². The lowest BCUT2D eigenvalue weighted by atomic mass is 10.1. The summed E-state index contributed by atoms with van der Waals surface area (Å²) in [5, 5.41) is 0. The van der Waals surface area contributed by atoms with Crippen LogP contribution in [0.25, 0.3) is 5.57 Å². The minimum atomic E-state index is 1.03. The van der Waals surface area contributed by atoms with Crippen molar-refractivity contribution in [2.75, 3.05) is 0 Å². The SMILES string of the molecule is C=C/N=C\C=C(/C)c1ccc(C)nc1. The highest BCUT2D eigenvalue weighted by Gasteiger charge is 1.93. The molecule has 14 heavy (non-hydrogen) atoms. The smallest absolute Gasteiger partial charge is 0.0373 e. The molecule has 2 nitrogen and oxygen atoms in total. The van der Waals surface area contributed by atoms with Gasteiger partial charge < -0.3 is 0 Å². The van der Waals surface area contributed by atoms with Crippen LogP contribution in [0.15, 0.2) is 42.2 Å². The van der Waals surface area contributed by atoms with Crippen LogP contribution in [0.2, 0.25) is 0 Å². The number of aryl methyl sites for hydroxylation is 1. The van der Waals surface area contributed by atoms with E-state index in [1.165, 1.54) is 6.20 Å². The molecule has 0 aliphatic carbocycles. The third-order valence-electron chi connectivity index (χ3n) is 1.88. The number of hydrogen-bond acceptors (Lipinski definition) is 2. The molecule has 0 aliphatic rings. The summed E-state index contributed by atoms with van der Waals surface area (Å²) in [6, 6.07) is 4.05. The Bertz CT molecular complexity index is 358. The van der Waals surface area contributed by atoms with Crippen molar-refractivity contribution in [3.05, 3.63) is 48.4 Å². The van der Waals surface area contributed by atoms with E-state index >= 15 is 0 Å². The summed E-state index contributed by atoms with van der Waals surface area (Å²) in [6.07, 6.45) is 7.04. The van der Waals surface area contributed by atoms with E-state index in [2.05, 4.69) is 22.6 Å². The molecule has 0 saturated carbocycles. The molecule has 1 aromatic heterocycles. The second kappa shape index (κ2) is 5.12. The lowest BCUT2D eigenvalue weighted by Crippen LogP contribution is -1.84. The van der Waals surface area contributed by atoms with Gasteiger partial charge in [0.05, 0.1) is 0 Å². The molecule has 0 bridgehead atoms. The van der Waals surface area contributed by atoms with Crippen LogP contribution in [0.4, 0.5) is 0 Å². The Morgan fingerprint density at radius 1 is 1.50 bits per heavy atom. The minimum Gasteiger partial charge on any atom is -0.265 e. The van der Waals surface area contributed by atoms with Crippen LogP contribution >= 0.6 is 0 Å². The van der Waals surface area contributed by atoms with E-state index in [4.69, 9.17) is 0 Å². The van der Waals surface area contributed by atoms with Gasteiger partial charge in [-0.25, -0.2) is 0 Å². The van der Waals surface area contributed by atoms with E-state index < -0.39 is 0 Å². The zero-order chi connectivity index (χ0) is 10.4. The van der Waals surface area contributed by atoms with Crippen LogP contribution in [-0.4, -0.2) is 11.2 Å². The van der Waals surface area contributed by atoms with Crippen molar-refractivity contribution in [1.29, 1.82) is 0 Å². The Balaban J connectivity index is 2.83. The number of nitrogens with zero attached hydrogens (tertiary/aromatic N) is 2. The highest BCUT2D eigenvalue weighted by molar-refractivity contribution is 5.83. The van der Waals surface area contributed by atoms with Crippen LogP contribution in [0.5, 0.6) is 0 Å². The van der Waals surface area contributed by atoms with Crippen molar-refractivity contribution in [1.82, 2.24) is 4.98 Å². The molecular weight excluding hydrogens is 172 g/mol. The van der Waals surface area contributed by atoms with Gasteiger partial charge in [-0.05, 0) is 37.1 Å². The summed E-state index contributed by atoms with van der Waals surface area (Å²) in [5.74, 6) is 0. The Labute approximate surface area is 84.7 Å². The second-order valence-corrected chi connectivity index (χ2v) is 3.02. The summed E-state index contributed by atoms with van der Waals surface area (Å²) in [4.78, 5) is 8.12. The molecule has 0 aliphatic heterocycles. The molecule has 0 fully saturated rings. The van der Waals surface area contributed by atoms with Crippen LogP contribution in [-0.2, 0) is 0 Å². The molecule has 1 heterocycles. The summed E-state index contributed by atoms with van der Waals surface area (Å²) < 4.78 is 0. The number of allylic oxidation sites excluding steroid dienone is 2. The summed E-state index contributed by atoms with van der Waals surface area (Å²) >= 11 is 0. The third-order valence-corrected chi connectivity index (χ3v) is 1.88. The molecule has 1 rings (SSSR count). The van der Waals surface area contributed by atoms with Gasteiger partial charge >= 0.3 is 0 Å². The van der Waals surface area contributed by atoms with Gasteiger partial charge in [0.1, 0.15) is 0 Å². The summed E-state index contributed by atoms with van der Waals surface area (Å²) in [5.41, 5.74) is 3.29. The lowest BCUT2D eigenvalue weighted by molar-refractivity contribution is 1.19. The van der Waals surface area contributed by atoms with Crippen molar-refractivity contribution in [3.8, 4) is 0 Å². The van der Waals surface area contributed by atoms with Crippen molar-refractivity contribution in [3.63, 3.8) is 0 Å². The average Bonchev–Trinajstić information content (AvgIpc) is 2.19. The molecule has 0 atom stereocenters. The van der Waals surface area contributed by atoms with Crippen molar-refractivity contribution in [2.45, 2.75) is 13.8 Å². The molecule has 1 aromatic rings. The second-order valence-electron chi connectivity index (χ2n) is 3.02. The molecule has 0 unspecified atom stereocenters. The monoisotopic (exact) mass is 186 g/mol. The van der Waals surface area contributed by atoms with E-state index in [1.54, 1.807) is 6.21 Å². The molecule has 0 aromatic carbocycles. The highest BCUT2D eigenvalue weighted by atomic mass is 14.7. The predicted molar refractivity (Wildman–Crippen MR) is 61.3 cm³/mol. The Kier molecular flexibility index (Phi) is 3.80. The number of hydrogen-bond donors (Lipinski definition) is 0. The van der Waals surface area contributed by atoms with E-state index in [0.29, 0.717) is 0 Å². The first-order valence-corrected chi connectivity index (χ1v) is 4.48. The fourth-order valence-electron chi connectivity index (χ4n) is 1.01. The van der Waals surface area contributed by atoms with Gasteiger partial charge in [0.15, 0.2) is 0 Å². The first kappa shape index (κ1) is 10.4. The summed E-state index contributed by atoms with van der Waals surface area (Å²) in [7, 11) is 0. The van der Waals surface area contributed by atoms with Gasteiger partial charge in [-0.15, -0.1) is 0 Å². The van der Waals surface area contributed by atoms with Crippen LogP contribution in [0, 0.1) is 6.92 Å². The molecule has 0 saturated heterocycles. The molecular formula is C12H14N2. The van der Waals surface area contributed by atoms with E-state index in [9.17, 15) is 0 Å². The van der Waals surface area contributed by atoms with Crippen LogP contribution < -0.4 is 0 Å². The number of aromatic nitrogens is 1. The van der Waals surface area contributed by atoms with Gasteiger partial charge in [0, 0.05) is 24.3 Å². The standard InChI is InChI=1S/C12H14N2/c1-4-13-8-7-10(2)12-6-5-11(3)14-9-12/h4-9H,1H2,2-3H3/b10-7+,13-8-. The van der Waals surface area contributed by atoms with Gasteiger partial charge in [-0.1, -0.05) is 12.6 Å². The van der Waals surface area contributed by atoms with E-state index in [-0.39, 0.29) is 0 Å². The average molecular weight is 186 g/mol. The molecule has 0 spiro atoms. The normalized spacial score (nSPS) is 12.0. The zero-order valence-corrected chi connectivity index (χ0v) is 8.57. The molecule has 0 amide bonds. The molecule has 2 heteroatoms. The number of rotatable bonds is 3. The third kappa shape index (κ3) is 2.98. The molecule has 0 N–H and O–H groups in total. The Morgan fingerprint density at radius 2 is 2.29 bits per heavy atom. The Hall–Kier alpha value is -1.70. The van der Waals surface area contributed by atoms with Crippen molar-refractivity contribution >= 4 is 11.8 Å². The quantitative estimate of drug-likeness (QED) is 0.666. The van der Waals surface area contributed by atoms with Crippen LogP contribution in [0.3, 0.4) is 0 Å². The molecule has 72 valence electrons. The largest absolute Gasteiger partial charge is 0.265 e. The first-order valence-electron chi connectivity index (χ1n) is 4.48. The molecule has 0 radical (unpaired) electrons. The summed E-state index contributed by atoms with van der Waals surface area (Å²) in [6.45, 7) is 7.51. The maximum Gasteiger partial charge on any atom is 0.0373 e. The van der Waals surface area contributed by atoms with E-state index in [1.807, 2.05) is 32.2 Å². The fraction of sp³-hybridized carbons (Fsp3) is 0.167. The van der Waals surface area contributed by atoms with Crippen molar-refractivity contribution in [2.24, 2.45) is 4.99 Å². The topological polar surface area (TPSA) is 25.2 Å². The number of pyridine rings is 1. The number of aliphatic imine (C=N–C) groups is 1. The van der Waals surface area contributed by atoms with Gasteiger partial charge in [-0.2, -0.15) is 0 Å². The first-order chi connectivity index (χ1) is 6.74. The lowest BCUT2D eigenvalue weighted by Gasteiger charge is -1.99. The minimum absolute atomic E-state index is 1.03. The zero-order valence-electron chi connectivity index (χ0n) is 8.57. The predicted octanol–water partition coefficient (Wildman–Crippen LogP) is 3.01. The van der Waals surface area contributed by atoms with Gasteiger partial charge in [0.25, 0.3) is 0 Å².